The van der Waals surface area contributed by atoms with Crippen molar-refractivity contribution in [3.8, 4) is 5.69 Å². The molecule has 0 radical (unpaired) electrons. The number of hydrogen-bond acceptors (Lipinski definition) is 6. The molecule has 0 saturated carbocycles. The molecule has 2 aliphatic heterocycles. The fourth-order valence-electron chi connectivity index (χ4n) is 4.03. The molecule has 174 valence electrons. The molecule has 2 fully saturated rings. The van der Waals surface area contributed by atoms with Crippen LogP contribution in [0.2, 0.25) is 5.02 Å². The summed E-state index contributed by atoms with van der Waals surface area (Å²) in [7, 11) is 1.58. The summed E-state index contributed by atoms with van der Waals surface area (Å²) in [6, 6.07) is 8.74. The van der Waals surface area contributed by atoms with E-state index in [2.05, 4.69) is 5.10 Å². The number of amides is 4. The van der Waals surface area contributed by atoms with Crippen LogP contribution in [0.4, 0.5) is 10.5 Å². The van der Waals surface area contributed by atoms with E-state index in [1.165, 1.54) is 14.5 Å². The number of piperazine rings is 1. The second-order valence-corrected chi connectivity index (χ2v) is 8.43. The molecule has 0 atom stereocenters. The van der Waals surface area contributed by atoms with Crippen molar-refractivity contribution in [2.75, 3.05) is 51.2 Å². The summed E-state index contributed by atoms with van der Waals surface area (Å²) in [5.41, 5.74) is 0.794. The Morgan fingerprint density at radius 1 is 1.06 bits per heavy atom. The number of urea groups is 1. The SMILES string of the molecule is CN1CC(=O)N(CCCC(=O)N2CCN(c3cnn(-c4ccccc4)c(=O)c3Cl)CC2)C1=O. The quantitative estimate of drug-likeness (QED) is 0.586. The van der Waals surface area contributed by atoms with Gasteiger partial charge in [0.1, 0.15) is 11.6 Å². The number of para-hydroxylation sites is 1. The Kier molecular flexibility index (Phi) is 6.64. The van der Waals surface area contributed by atoms with Gasteiger partial charge < -0.3 is 14.7 Å². The Morgan fingerprint density at radius 3 is 2.39 bits per heavy atom. The first-order valence-electron chi connectivity index (χ1n) is 10.8. The monoisotopic (exact) mass is 472 g/mol. The first-order chi connectivity index (χ1) is 15.9. The number of nitrogens with zero attached hydrogens (tertiary/aromatic N) is 6. The Hall–Kier alpha value is -3.40. The Morgan fingerprint density at radius 2 is 1.76 bits per heavy atom. The standard InChI is InChI=1S/C22H25ClN6O4/c1-25-15-19(31)28(22(25)33)9-5-8-18(30)27-12-10-26(11-13-27)17-14-24-29(21(32)20(17)23)16-6-3-2-4-7-16/h2-4,6-7,14H,5,8-13,15H2,1H3. The molecule has 0 bridgehead atoms. The van der Waals surface area contributed by atoms with Crippen LogP contribution in [0.3, 0.4) is 0 Å². The highest BCUT2D eigenvalue weighted by Crippen LogP contribution is 2.23. The first-order valence-corrected chi connectivity index (χ1v) is 11.2. The van der Waals surface area contributed by atoms with Gasteiger partial charge in [0, 0.05) is 46.2 Å². The second-order valence-electron chi connectivity index (χ2n) is 8.05. The van der Waals surface area contributed by atoms with Gasteiger partial charge in [0.25, 0.3) is 5.56 Å². The average molecular weight is 473 g/mol. The fraction of sp³-hybridized carbons (Fsp3) is 0.409. The maximum atomic E-state index is 12.7. The van der Waals surface area contributed by atoms with Gasteiger partial charge in [-0.1, -0.05) is 29.8 Å². The minimum Gasteiger partial charge on any atom is -0.365 e. The fourth-order valence-corrected chi connectivity index (χ4v) is 4.28. The van der Waals surface area contributed by atoms with Gasteiger partial charge in [0.2, 0.25) is 11.8 Å². The van der Waals surface area contributed by atoms with E-state index in [-0.39, 0.29) is 42.4 Å². The lowest BCUT2D eigenvalue weighted by Crippen LogP contribution is -2.49. The summed E-state index contributed by atoms with van der Waals surface area (Å²) in [4.78, 5) is 55.3. The molecule has 2 aromatic rings. The van der Waals surface area contributed by atoms with Crippen LogP contribution in [0.1, 0.15) is 12.8 Å². The van der Waals surface area contributed by atoms with Crippen molar-refractivity contribution in [1.82, 2.24) is 24.5 Å². The number of anilines is 1. The molecule has 10 nitrogen and oxygen atoms in total. The molecule has 4 rings (SSSR count). The number of benzene rings is 1. The molecule has 3 heterocycles. The Balaban J connectivity index is 1.31. The van der Waals surface area contributed by atoms with Gasteiger partial charge in [-0.05, 0) is 18.6 Å². The summed E-state index contributed by atoms with van der Waals surface area (Å²) < 4.78 is 1.26. The van der Waals surface area contributed by atoms with Gasteiger partial charge in [0.15, 0.2) is 0 Å². The average Bonchev–Trinajstić information content (AvgIpc) is 3.07. The van der Waals surface area contributed by atoms with E-state index >= 15 is 0 Å². The molecule has 1 aromatic carbocycles. The van der Waals surface area contributed by atoms with E-state index < -0.39 is 5.56 Å². The second kappa shape index (κ2) is 9.62. The molecule has 11 heteroatoms. The minimum absolute atomic E-state index is 0.0224. The Bertz CT molecular complexity index is 1110. The number of carbonyl (C=O) groups excluding carboxylic acids is 3. The normalized spacial score (nSPS) is 16.7. The van der Waals surface area contributed by atoms with Crippen LogP contribution >= 0.6 is 11.6 Å². The first kappa shape index (κ1) is 22.8. The van der Waals surface area contributed by atoms with Gasteiger partial charge in [-0.2, -0.15) is 9.78 Å². The topological polar surface area (TPSA) is 99.1 Å². The van der Waals surface area contributed by atoms with Gasteiger partial charge >= 0.3 is 6.03 Å². The molecule has 0 unspecified atom stereocenters. The molecule has 2 saturated heterocycles. The van der Waals surface area contributed by atoms with Gasteiger partial charge in [-0.3, -0.25) is 19.3 Å². The lowest BCUT2D eigenvalue weighted by molar-refractivity contribution is -0.132. The third kappa shape index (κ3) is 4.70. The van der Waals surface area contributed by atoms with Crippen LogP contribution in [0.25, 0.3) is 5.69 Å². The largest absolute Gasteiger partial charge is 0.365 e. The molecule has 1 aromatic heterocycles. The van der Waals surface area contributed by atoms with E-state index in [4.69, 9.17) is 11.6 Å². The van der Waals surface area contributed by atoms with Gasteiger partial charge in [0.05, 0.1) is 17.6 Å². The highest BCUT2D eigenvalue weighted by molar-refractivity contribution is 6.33. The van der Waals surface area contributed by atoms with Crippen molar-refractivity contribution in [2.45, 2.75) is 12.8 Å². The molecular weight excluding hydrogens is 448 g/mol. The third-order valence-electron chi connectivity index (χ3n) is 5.88. The zero-order valence-electron chi connectivity index (χ0n) is 18.3. The molecule has 0 N–H and O–H groups in total. The van der Waals surface area contributed by atoms with Crippen molar-refractivity contribution in [2.24, 2.45) is 0 Å². The summed E-state index contributed by atoms with van der Waals surface area (Å²) in [5.74, 6) is -0.256. The highest BCUT2D eigenvalue weighted by atomic mass is 35.5. The smallest absolute Gasteiger partial charge is 0.326 e. The maximum absolute atomic E-state index is 12.7. The number of halogens is 1. The lowest BCUT2D eigenvalue weighted by Gasteiger charge is -2.36. The van der Waals surface area contributed by atoms with Crippen LogP contribution in [-0.2, 0) is 9.59 Å². The summed E-state index contributed by atoms with van der Waals surface area (Å²) in [6.07, 6.45) is 2.27. The van der Waals surface area contributed by atoms with E-state index in [0.717, 1.165) is 0 Å². The van der Waals surface area contributed by atoms with E-state index in [1.54, 1.807) is 30.3 Å². The van der Waals surface area contributed by atoms with E-state index in [0.29, 0.717) is 44.0 Å². The van der Waals surface area contributed by atoms with Crippen LogP contribution in [-0.4, -0.2) is 88.6 Å². The van der Waals surface area contributed by atoms with Gasteiger partial charge in [-0.25, -0.2) is 4.79 Å². The predicted octanol–water partition coefficient (Wildman–Crippen LogP) is 1.21. The van der Waals surface area contributed by atoms with E-state index in [1.807, 2.05) is 23.1 Å². The minimum atomic E-state index is -0.393. The van der Waals surface area contributed by atoms with Crippen molar-refractivity contribution in [1.29, 1.82) is 0 Å². The number of likely N-dealkylation sites (N-methyl/N-ethyl adjacent to an activating group) is 1. The van der Waals surface area contributed by atoms with Crippen LogP contribution in [0.15, 0.2) is 41.3 Å². The van der Waals surface area contributed by atoms with Crippen molar-refractivity contribution in [3.63, 3.8) is 0 Å². The lowest BCUT2D eigenvalue weighted by atomic mass is 10.2. The third-order valence-corrected chi connectivity index (χ3v) is 6.23. The van der Waals surface area contributed by atoms with Gasteiger partial charge in [-0.15, -0.1) is 0 Å². The molecule has 4 amide bonds. The summed E-state index contributed by atoms with van der Waals surface area (Å²) >= 11 is 6.39. The molecule has 0 aliphatic carbocycles. The predicted molar refractivity (Wildman–Crippen MR) is 123 cm³/mol. The molecular formula is C22H25ClN6O4. The summed E-state index contributed by atoms with van der Waals surface area (Å²) in [5, 5.41) is 4.36. The summed E-state index contributed by atoms with van der Waals surface area (Å²) in [6.45, 7) is 2.35. The molecule has 0 spiro atoms. The zero-order valence-corrected chi connectivity index (χ0v) is 19.1. The number of carbonyl (C=O) groups is 3. The number of aromatic nitrogens is 2. The van der Waals surface area contributed by atoms with Crippen molar-refractivity contribution < 1.29 is 14.4 Å². The van der Waals surface area contributed by atoms with Crippen LogP contribution < -0.4 is 10.5 Å². The Labute approximate surface area is 195 Å². The van der Waals surface area contributed by atoms with Crippen molar-refractivity contribution in [3.05, 3.63) is 51.9 Å². The number of hydrogen-bond donors (Lipinski definition) is 0. The molecule has 33 heavy (non-hydrogen) atoms. The van der Waals surface area contributed by atoms with Crippen LogP contribution in [0, 0.1) is 0 Å². The van der Waals surface area contributed by atoms with Crippen LogP contribution in [0.5, 0.6) is 0 Å². The number of rotatable bonds is 6. The zero-order chi connectivity index (χ0) is 23.5. The maximum Gasteiger partial charge on any atom is 0.326 e. The van der Waals surface area contributed by atoms with E-state index in [9.17, 15) is 19.2 Å². The molecule has 2 aliphatic rings. The number of imide groups is 1. The highest BCUT2D eigenvalue weighted by Gasteiger charge is 2.33. The van der Waals surface area contributed by atoms with Crippen molar-refractivity contribution >= 4 is 35.1 Å².